The van der Waals surface area contributed by atoms with Crippen molar-refractivity contribution in [2.24, 2.45) is 0 Å². The Morgan fingerprint density at radius 1 is 0.331 bits per heavy atom. The largest absolute Gasteiger partial charge is 0.477 e. The van der Waals surface area contributed by atoms with E-state index in [2.05, 4.69) is 16.0 Å². The molecule has 0 bridgehead atoms. The molecule has 0 aliphatic carbocycles. The van der Waals surface area contributed by atoms with Gasteiger partial charge in [-0.05, 0) is 0 Å². The maximum Gasteiger partial charge on any atom is 0.364 e. The van der Waals surface area contributed by atoms with Gasteiger partial charge in [0.1, 0.15) is 184 Å². The van der Waals surface area contributed by atoms with Crippen LogP contribution in [0.5, 0.6) is 0 Å². The highest BCUT2D eigenvalue weighted by molar-refractivity contribution is 5.80. The zero-order chi connectivity index (χ0) is 97.3. The summed E-state index contributed by atoms with van der Waals surface area (Å²) < 4.78 is 87.3. The normalized spacial score (nSPS) is 42.0. The fourth-order valence-electron chi connectivity index (χ4n) is 16.3. The Morgan fingerprint density at radius 3 is 1.00 bits per heavy atom. The molecule has 5 amide bonds. The third-order valence-electron chi connectivity index (χ3n) is 22.8. The van der Waals surface area contributed by atoms with Crippen LogP contribution in [0.4, 0.5) is 0 Å². The van der Waals surface area contributed by atoms with E-state index in [9.17, 15) is 201 Å². The van der Waals surface area contributed by atoms with Crippen molar-refractivity contribution in [3.8, 4) is 0 Å². The van der Waals surface area contributed by atoms with Gasteiger partial charge < -0.3 is 256 Å². The molecular weight excluding hydrogens is 1790 g/mol. The molecule has 60 nitrogen and oxygen atoms in total. The van der Waals surface area contributed by atoms with E-state index in [0.717, 1.165) is 20.8 Å². The summed E-state index contributed by atoms with van der Waals surface area (Å²) in [6.07, 6.45) is -94.2. The first-order valence-corrected chi connectivity index (χ1v) is 40.0. The summed E-state index contributed by atoms with van der Waals surface area (Å²) in [5, 5.41) is 355. The van der Waals surface area contributed by atoms with E-state index in [4.69, 9.17) is 71.1 Å². The first-order chi connectivity index (χ1) is 61.0. The van der Waals surface area contributed by atoms with Crippen molar-refractivity contribution >= 4 is 53.4 Å². The molecule has 0 unspecified atom stereocenters. The number of aliphatic hydroxyl groups is 27. The molecule has 0 radical (unpaired) electrons. The maximum absolute atomic E-state index is 14.3. The molecule has 130 heavy (non-hydrogen) atoms. The van der Waals surface area contributed by atoms with Gasteiger partial charge >= 0.3 is 23.9 Å². The number of hydrogen-bond acceptors (Lipinski definition) is 51. The average molecular weight is 1900 g/mol. The van der Waals surface area contributed by atoms with Gasteiger partial charge in [-0.2, -0.15) is 0 Å². The number of carboxylic acids is 4. The summed E-state index contributed by atoms with van der Waals surface area (Å²) in [5.41, 5.74) is 0. The van der Waals surface area contributed by atoms with Crippen LogP contribution in [-0.4, -0.2) is 546 Å². The number of rotatable bonds is 41. The van der Waals surface area contributed by atoms with Crippen molar-refractivity contribution in [2.75, 3.05) is 66.1 Å². The minimum Gasteiger partial charge on any atom is -0.477 e. The minimum absolute atomic E-state index is 0.741. The molecule has 0 aromatic carbocycles. The second-order valence-electron chi connectivity index (χ2n) is 31.8. The van der Waals surface area contributed by atoms with E-state index in [1.165, 1.54) is 0 Å². The Kier molecular flexibility index (Phi) is 38.5. The Morgan fingerprint density at radius 2 is 0.638 bits per heavy atom. The summed E-state index contributed by atoms with van der Waals surface area (Å²) in [5.74, 6) is -30.3. The molecule has 0 spiro atoms. The molecule has 36 N–H and O–H groups in total. The van der Waals surface area contributed by atoms with E-state index < -0.39 is 413 Å². The van der Waals surface area contributed by atoms with Crippen molar-refractivity contribution in [3.05, 3.63) is 0 Å². The van der Waals surface area contributed by atoms with Crippen LogP contribution in [0.2, 0.25) is 0 Å². The number of carboxylic acid groups (broad SMARTS) is 4. The van der Waals surface area contributed by atoms with Crippen LogP contribution in [0.1, 0.15) is 46.5 Å². The molecule has 8 rings (SSSR count). The third-order valence-corrected chi connectivity index (χ3v) is 22.8. The second-order valence-corrected chi connectivity index (χ2v) is 31.8. The fraction of sp³-hybridized carbons (Fsp3) is 0.871. The van der Waals surface area contributed by atoms with Crippen LogP contribution in [0.15, 0.2) is 0 Å². The van der Waals surface area contributed by atoms with E-state index in [1.54, 1.807) is 0 Å². The molecule has 8 saturated heterocycles. The molecule has 0 saturated carbocycles. The predicted octanol–water partition coefficient (Wildman–Crippen LogP) is -23.0. The number of ether oxygens (including phenoxy) is 15. The van der Waals surface area contributed by atoms with Gasteiger partial charge in [0, 0.05) is 46.5 Å². The molecule has 8 heterocycles. The van der Waals surface area contributed by atoms with Gasteiger partial charge in [0.25, 0.3) is 23.1 Å². The Balaban J connectivity index is 1.19. The van der Waals surface area contributed by atoms with Crippen LogP contribution >= 0.6 is 0 Å². The van der Waals surface area contributed by atoms with Crippen molar-refractivity contribution in [1.29, 1.82) is 0 Å². The SMILES string of the molecule is CC(=O)N[C@H]1[C@H](O[C@@H]2[C@H](O[C@]3(C(=O)O)C[C@H](O)[C@@H](NC(=O)CO)[C@H]([C@H](O)[C@@H](CO)O[C@]4(C(=O)O)C[C@H](O)[C@@H](NC(C)=O)[C@H]([C@H](O)[C@H](O)CO)O4)O3)[C@@H](O)[C@H](O[C@H]3[C@H](O)[C@@H](O)[C@H](O)O[C@@H]3CO)O[C@@H]2CO)O[C@H](CO)[C@H](O)[C@@H]1O[C@@H]1O[C@H](CO)[C@H](O)[C@H](O[C@]2(C(=O)O)C[C@H](O)[C@@H](NC(C)=O)[C@H]([C@H](O)[C@@H](CO)O[C@]3(C(=O)O)C[C@H](O)[C@@H](NC(=O)CO)[C@H]([C@H](O)[C@H](O)CO)O3)O2)[C@H]1O. The maximum atomic E-state index is 14.3. The first-order valence-electron chi connectivity index (χ1n) is 40.0. The lowest BCUT2D eigenvalue weighted by Crippen LogP contribution is -2.73. The molecule has 8 aliphatic heterocycles. The minimum atomic E-state index is -3.89. The fourth-order valence-corrected chi connectivity index (χ4v) is 16.3. The highest BCUT2D eigenvalue weighted by Crippen LogP contribution is 2.46. The number of carbonyl (C=O) groups excluding carboxylic acids is 5. The van der Waals surface area contributed by atoms with E-state index in [-0.39, 0.29) is 0 Å². The summed E-state index contributed by atoms with van der Waals surface area (Å²) in [6.45, 7) is -12.0. The number of aliphatic carboxylic acids is 4. The van der Waals surface area contributed by atoms with Gasteiger partial charge in [0.2, 0.25) is 29.5 Å². The van der Waals surface area contributed by atoms with Gasteiger partial charge in [-0.15, -0.1) is 0 Å². The summed E-state index contributed by atoms with van der Waals surface area (Å²) in [4.78, 5) is 119. The van der Waals surface area contributed by atoms with Gasteiger partial charge in [-0.3, -0.25) is 24.0 Å². The Hall–Kier alpha value is -6.45. The molecule has 8 fully saturated rings. The van der Waals surface area contributed by atoms with Crippen LogP contribution in [0.3, 0.4) is 0 Å². The zero-order valence-corrected chi connectivity index (χ0v) is 68.7. The van der Waals surface area contributed by atoms with Crippen LogP contribution in [0, 0.1) is 0 Å². The van der Waals surface area contributed by atoms with E-state index in [0.29, 0.717) is 0 Å². The van der Waals surface area contributed by atoms with Gasteiger partial charge in [-0.1, -0.05) is 0 Å². The lowest BCUT2D eigenvalue weighted by atomic mass is 9.87. The smallest absolute Gasteiger partial charge is 0.364 e. The van der Waals surface area contributed by atoms with E-state index >= 15 is 0 Å². The predicted molar refractivity (Wildman–Crippen MR) is 394 cm³/mol. The number of aliphatic hydroxyl groups excluding tert-OH is 27. The lowest BCUT2D eigenvalue weighted by Gasteiger charge is -2.53. The standard InChI is InChI=1S/C70H113N5O55/c1-18(86)71-35-21(89)4-67(63(108)109,125-53(35)40(97)25(93)8-76)124-30(13-81)45(102)56-38(75-34(96)17-85)24(92)7-70(128-56,66(114)115)130-58-49(106)62(120-50-31(14-82)116-59(107)47(104)46(50)103)119-32(15-83)51(58)121-60-39(73-20(3)88)52(42(99)27(10-78)117-60)122-61-48(105)57(43(100)28(11-79)118-61)129-69(65(112)113)6-22(90)36(72-19(2)87)55(127-69)44(101)29(12-80)123-68(64(110)111)5-23(91)37(74-33(95)16-84)54(126-68)41(98)26(94)9-77/h21-32,35-62,76-85,89-94,97-107H,4-17H2,1-3H3,(H,71,86)(H,72,87)(H,73,88)(H,74,95)(H,75,96)(H,108,109)(H,110,111)(H,112,113)(H,114,115)/t21-,22-,23-,24-,25+,26+,27+,28+,29+,30+,31+,32+,35+,36+,37+,38+,39+,40+,41+,42-,43-,44+,45+,46+,47+,48+,49+,50+,51-,52+,53+,54+,55+,56+,57-,58+,59+,60-,61-,62-,67+,68+,69-,70-/m0/s1. The molecule has 748 valence electrons. The number of carbonyl (C=O) groups is 9. The Labute approximate surface area is 730 Å². The summed E-state index contributed by atoms with van der Waals surface area (Å²) >= 11 is 0. The topological polar surface area (TPSA) is 979 Å². The van der Waals surface area contributed by atoms with Crippen LogP contribution in [0.25, 0.3) is 0 Å². The molecule has 44 atom stereocenters. The molecule has 60 heteroatoms. The van der Waals surface area contributed by atoms with Gasteiger partial charge in [0.15, 0.2) is 25.2 Å². The lowest BCUT2D eigenvalue weighted by molar-refractivity contribution is -0.405. The molecule has 8 aliphatic rings. The van der Waals surface area contributed by atoms with E-state index in [1.807, 2.05) is 10.6 Å². The highest BCUT2D eigenvalue weighted by atomic mass is 16.8. The second kappa shape index (κ2) is 45.9. The molecule has 0 aromatic heterocycles. The van der Waals surface area contributed by atoms with Crippen molar-refractivity contribution in [3.63, 3.8) is 0 Å². The van der Waals surface area contributed by atoms with Gasteiger partial charge in [-0.25, -0.2) is 19.2 Å². The zero-order valence-electron chi connectivity index (χ0n) is 68.7. The molecular formula is C70H113N5O55. The molecule has 0 aromatic rings. The Bertz CT molecular complexity index is 3760. The van der Waals surface area contributed by atoms with Gasteiger partial charge in [0.05, 0.1) is 101 Å². The van der Waals surface area contributed by atoms with Crippen molar-refractivity contribution < 1.29 is 273 Å². The van der Waals surface area contributed by atoms with Crippen LogP contribution in [-0.2, 0) is 114 Å². The summed E-state index contributed by atoms with van der Waals surface area (Å²) in [6, 6.07) is -10.8. The van der Waals surface area contributed by atoms with Crippen molar-refractivity contribution in [1.82, 2.24) is 26.6 Å². The number of nitrogens with one attached hydrogen (secondary N) is 5. The van der Waals surface area contributed by atoms with Crippen LogP contribution < -0.4 is 26.6 Å². The number of amides is 5. The quantitative estimate of drug-likeness (QED) is 0.0270. The third kappa shape index (κ3) is 23.6. The first kappa shape index (κ1) is 109. The highest BCUT2D eigenvalue weighted by Gasteiger charge is 2.67. The summed E-state index contributed by atoms with van der Waals surface area (Å²) in [7, 11) is 0. The van der Waals surface area contributed by atoms with Crippen molar-refractivity contribution in [2.45, 2.75) is 314 Å². The average Bonchev–Trinajstić information content (AvgIpc) is 0.784. The number of hydrogen-bond donors (Lipinski definition) is 36. The monoisotopic (exact) mass is 1900 g/mol.